The van der Waals surface area contributed by atoms with Gasteiger partial charge in [-0.25, -0.2) is 8.42 Å². The summed E-state index contributed by atoms with van der Waals surface area (Å²) in [4.78, 5) is 4.34. The molecule has 5 aromatic rings. The third-order valence-electron chi connectivity index (χ3n) is 4.74. The molecule has 0 fully saturated rings. The molecule has 0 unspecified atom stereocenters. The van der Waals surface area contributed by atoms with E-state index in [1.165, 1.54) is 0 Å². The van der Waals surface area contributed by atoms with Crippen LogP contribution in [0.4, 0.5) is 5.69 Å². The van der Waals surface area contributed by atoms with Crippen LogP contribution in [0.1, 0.15) is 0 Å². The van der Waals surface area contributed by atoms with E-state index in [1.807, 2.05) is 36.4 Å². The Labute approximate surface area is 197 Å². The molecule has 3 heterocycles. The average molecular weight is 554 g/mol. The molecule has 10 heteroatoms. The zero-order valence-electron chi connectivity index (χ0n) is 16.4. The summed E-state index contributed by atoms with van der Waals surface area (Å²) in [7, 11) is -3.66. The molecular formula is C22H15IN6O2S. The maximum atomic E-state index is 12.6. The highest BCUT2D eigenvalue weighted by Gasteiger charge is 2.15. The number of nitrogens with zero attached hydrogens (tertiary/aromatic N) is 5. The van der Waals surface area contributed by atoms with Gasteiger partial charge in [-0.1, -0.05) is 12.1 Å². The van der Waals surface area contributed by atoms with Gasteiger partial charge in [0.1, 0.15) is 0 Å². The molecule has 2 aromatic carbocycles. The van der Waals surface area contributed by atoms with Crippen LogP contribution in [0.3, 0.4) is 0 Å². The SMILES string of the molecule is O=S(=O)(Nc1ccc(-c2ccc3nnc(-c4cccnc4)n3n2)cc1)c1ccc(I)cc1. The lowest BCUT2D eigenvalue weighted by Crippen LogP contribution is -2.12. The van der Waals surface area contributed by atoms with Gasteiger partial charge in [0, 0.05) is 32.8 Å². The Morgan fingerprint density at radius 3 is 2.34 bits per heavy atom. The molecule has 0 saturated carbocycles. The Hall–Kier alpha value is -3.38. The summed E-state index contributed by atoms with van der Waals surface area (Å²) in [6, 6.07) is 21.1. The molecule has 3 aromatic heterocycles. The first-order valence-corrected chi connectivity index (χ1v) is 12.1. The number of aromatic nitrogens is 5. The fourth-order valence-electron chi connectivity index (χ4n) is 3.15. The maximum absolute atomic E-state index is 12.6. The summed E-state index contributed by atoms with van der Waals surface area (Å²) >= 11 is 2.13. The Kier molecular flexibility index (Phi) is 5.31. The molecule has 0 amide bonds. The van der Waals surface area contributed by atoms with Crippen LogP contribution in [0.5, 0.6) is 0 Å². The van der Waals surface area contributed by atoms with Crippen LogP contribution in [-0.4, -0.2) is 33.2 Å². The Morgan fingerprint density at radius 1 is 0.844 bits per heavy atom. The van der Waals surface area contributed by atoms with Crippen molar-refractivity contribution in [2.24, 2.45) is 0 Å². The quantitative estimate of drug-likeness (QED) is 0.326. The van der Waals surface area contributed by atoms with E-state index in [9.17, 15) is 8.42 Å². The van der Waals surface area contributed by atoms with Gasteiger partial charge in [-0.3, -0.25) is 9.71 Å². The Balaban J connectivity index is 1.43. The van der Waals surface area contributed by atoms with E-state index in [0.717, 1.165) is 14.7 Å². The molecule has 0 aliphatic heterocycles. The summed E-state index contributed by atoms with van der Waals surface area (Å²) in [6.45, 7) is 0. The molecule has 0 bridgehead atoms. The second kappa shape index (κ2) is 8.28. The van der Waals surface area contributed by atoms with Crippen LogP contribution in [-0.2, 0) is 10.0 Å². The molecule has 32 heavy (non-hydrogen) atoms. The first-order valence-electron chi connectivity index (χ1n) is 9.51. The first kappa shape index (κ1) is 20.5. The van der Waals surface area contributed by atoms with Crippen molar-refractivity contribution in [3.8, 4) is 22.6 Å². The van der Waals surface area contributed by atoms with Crippen LogP contribution < -0.4 is 4.72 Å². The Bertz CT molecular complexity index is 1500. The second-order valence-electron chi connectivity index (χ2n) is 6.89. The maximum Gasteiger partial charge on any atom is 0.261 e. The van der Waals surface area contributed by atoms with Crippen LogP contribution in [0.15, 0.2) is 90.1 Å². The number of rotatable bonds is 5. The molecular weight excluding hydrogens is 539 g/mol. The smallest absolute Gasteiger partial charge is 0.261 e. The van der Waals surface area contributed by atoms with Gasteiger partial charge in [0.15, 0.2) is 11.5 Å². The zero-order chi connectivity index (χ0) is 22.1. The summed E-state index contributed by atoms with van der Waals surface area (Å²) in [6.07, 6.45) is 3.40. The lowest BCUT2D eigenvalue weighted by Gasteiger charge is -2.09. The number of halogens is 1. The van der Waals surface area contributed by atoms with Crippen LogP contribution in [0.25, 0.3) is 28.3 Å². The summed E-state index contributed by atoms with van der Waals surface area (Å²) in [5.74, 6) is 0.594. The van der Waals surface area contributed by atoms with Crippen molar-refractivity contribution >= 4 is 43.9 Å². The van der Waals surface area contributed by atoms with E-state index >= 15 is 0 Å². The molecule has 0 atom stereocenters. The van der Waals surface area contributed by atoms with Crippen LogP contribution in [0.2, 0.25) is 0 Å². The van der Waals surface area contributed by atoms with Crippen LogP contribution >= 0.6 is 22.6 Å². The monoisotopic (exact) mass is 554 g/mol. The molecule has 0 radical (unpaired) electrons. The number of fused-ring (bicyclic) bond motifs is 1. The predicted molar refractivity (Wildman–Crippen MR) is 129 cm³/mol. The minimum atomic E-state index is -3.66. The minimum Gasteiger partial charge on any atom is -0.280 e. The lowest BCUT2D eigenvalue weighted by atomic mass is 10.1. The van der Waals surface area contributed by atoms with Crippen molar-refractivity contribution in [3.05, 3.63) is 88.8 Å². The largest absolute Gasteiger partial charge is 0.280 e. The van der Waals surface area contributed by atoms with E-state index in [2.05, 4.69) is 47.6 Å². The van der Waals surface area contributed by atoms with Crippen molar-refractivity contribution in [1.82, 2.24) is 24.8 Å². The number of pyridine rings is 1. The lowest BCUT2D eigenvalue weighted by molar-refractivity contribution is 0.601. The Morgan fingerprint density at radius 2 is 1.62 bits per heavy atom. The normalized spacial score (nSPS) is 11.5. The van der Waals surface area contributed by atoms with Gasteiger partial charge in [-0.2, -0.15) is 9.61 Å². The molecule has 158 valence electrons. The highest BCUT2D eigenvalue weighted by molar-refractivity contribution is 14.1. The van der Waals surface area contributed by atoms with E-state index in [4.69, 9.17) is 0 Å². The number of benzene rings is 2. The molecule has 8 nitrogen and oxygen atoms in total. The van der Waals surface area contributed by atoms with Gasteiger partial charge in [-0.15, -0.1) is 10.2 Å². The zero-order valence-corrected chi connectivity index (χ0v) is 19.4. The van der Waals surface area contributed by atoms with Crippen LogP contribution in [0, 0.1) is 3.57 Å². The standard InChI is InChI=1S/C22H15IN6O2S/c23-17-5-9-19(10-6-17)32(30,31)28-18-7-3-15(4-8-18)20-11-12-21-25-26-22(29(21)27-20)16-2-1-13-24-14-16/h1-14,28H. The second-order valence-corrected chi connectivity index (χ2v) is 9.82. The minimum absolute atomic E-state index is 0.213. The molecule has 0 aliphatic rings. The molecule has 0 saturated heterocycles. The molecule has 0 spiro atoms. The number of nitrogens with one attached hydrogen (secondary N) is 1. The van der Waals surface area contributed by atoms with Gasteiger partial charge >= 0.3 is 0 Å². The van der Waals surface area contributed by atoms with E-state index in [1.54, 1.807) is 53.3 Å². The fourth-order valence-corrected chi connectivity index (χ4v) is 4.57. The molecule has 1 N–H and O–H groups in total. The summed E-state index contributed by atoms with van der Waals surface area (Å²) in [5.41, 5.74) is 3.43. The summed E-state index contributed by atoms with van der Waals surface area (Å²) in [5, 5.41) is 13.1. The number of hydrogen-bond acceptors (Lipinski definition) is 6. The van der Waals surface area contributed by atoms with Crippen molar-refractivity contribution in [2.45, 2.75) is 4.90 Å². The molecule has 0 aliphatic carbocycles. The summed E-state index contributed by atoms with van der Waals surface area (Å²) < 4.78 is 30.5. The topological polar surface area (TPSA) is 102 Å². The van der Waals surface area contributed by atoms with Gasteiger partial charge in [-0.05, 0) is 83.3 Å². The number of anilines is 1. The fraction of sp³-hybridized carbons (Fsp3) is 0. The third-order valence-corrected chi connectivity index (χ3v) is 6.86. The first-order chi connectivity index (χ1) is 15.5. The average Bonchev–Trinajstić information content (AvgIpc) is 3.23. The van der Waals surface area contributed by atoms with Crippen molar-refractivity contribution < 1.29 is 8.42 Å². The van der Waals surface area contributed by atoms with E-state index < -0.39 is 10.0 Å². The van der Waals surface area contributed by atoms with Crippen molar-refractivity contribution in [2.75, 3.05) is 4.72 Å². The highest BCUT2D eigenvalue weighted by Crippen LogP contribution is 2.24. The van der Waals surface area contributed by atoms with Gasteiger partial charge in [0.05, 0.1) is 10.6 Å². The number of sulfonamides is 1. The van der Waals surface area contributed by atoms with E-state index in [0.29, 0.717) is 22.9 Å². The van der Waals surface area contributed by atoms with E-state index in [-0.39, 0.29) is 4.90 Å². The van der Waals surface area contributed by atoms with Gasteiger partial charge < -0.3 is 0 Å². The molecule has 5 rings (SSSR count). The predicted octanol–water partition coefficient (Wildman–Crippen LogP) is 4.26. The van der Waals surface area contributed by atoms with Gasteiger partial charge in [0.2, 0.25) is 0 Å². The van der Waals surface area contributed by atoms with Crippen molar-refractivity contribution in [3.63, 3.8) is 0 Å². The highest BCUT2D eigenvalue weighted by atomic mass is 127. The van der Waals surface area contributed by atoms with Crippen molar-refractivity contribution in [1.29, 1.82) is 0 Å². The van der Waals surface area contributed by atoms with Gasteiger partial charge in [0.25, 0.3) is 10.0 Å². The third kappa shape index (κ3) is 4.06. The number of hydrogen-bond donors (Lipinski definition) is 1.